The molecule has 0 heterocycles. The zero-order chi connectivity index (χ0) is 23.0. The summed E-state index contributed by atoms with van der Waals surface area (Å²) >= 11 is 0. The van der Waals surface area contributed by atoms with Crippen molar-refractivity contribution in [2.24, 2.45) is 0 Å². The molecule has 2 aliphatic carbocycles. The second-order valence-corrected chi connectivity index (χ2v) is 11.3. The number of fused-ring (bicyclic) bond motifs is 9. The van der Waals surface area contributed by atoms with Crippen molar-refractivity contribution in [1.82, 2.24) is 0 Å². The lowest BCUT2D eigenvalue weighted by molar-refractivity contribution is 0.661. The molecular formula is C34H26. The van der Waals surface area contributed by atoms with Gasteiger partial charge in [0.2, 0.25) is 0 Å². The SMILES string of the molecule is CC1(C)c2ccccc2-c2c1cc1ccc3cccc4c5c(c2c1c34)-c1ccccc1C5(C)C. The maximum atomic E-state index is 2.49. The number of rotatable bonds is 0. The van der Waals surface area contributed by atoms with Gasteiger partial charge < -0.3 is 0 Å². The van der Waals surface area contributed by atoms with Gasteiger partial charge in [-0.05, 0) is 82.9 Å². The van der Waals surface area contributed by atoms with E-state index in [1.54, 1.807) is 0 Å². The fourth-order valence-electron chi connectivity index (χ4n) is 7.45. The van der Waals surface area contributed by atoms with E-state index in [2.05, 4.69) is 113 Å². The molecule has 0 atom stereocenters. The standard InChI is InChI=1S/C34H26/c1-33(2)24-14-7-5-11-21(24)29-26(33)18-20-17-16-19-10-9-13-23-27(19)28(20)31(29)30-22-12-6-8-15-25(22)34(3,4)32(23)30/h5-18H,1-4H3. The van der Waals surface area contributed by atoms with E-state index in [0.717, 1.165) is 0 Å². The highest BCUT2D eigenvalue weighted by Gasteiger charge is 2.42. The first-order valence-electron chi connectivity index (χ1n) is 12.4. The van der Waals surface area contributed by atoms with Gasteiger partial charge in [-0.15, -0.1) is 0 Å². The van der Waals surface area contributed by atoms with Gasteiger partial charge in [-0.2, -0.15) is 0 Å². The Hall–Kier alpha value is -3.64. The molecule has 6 aromatic carbocycles. The summed E-state index contributed by atoms with van der Waals surface area (Å²) in [7, 11) is 0. The van der Waals surface area contributed by atoms with Crippen LogP contribution in [-0.4, -0.2) is 0 Å². The molecule has 0 bridgehead atoms. The van der Waals surface area contributed by atoms with Gasteiger partial charge in [-0.25, -0.2) is 0 Å². The third-order valence-corrected chi connectivity index (χ3v) is 8.95. The van der Waals surface area contributed by atoms with Crippen molar-refractivity contribution in [2.45, 2.75) is 38.5 Å². The quantitative estimate of drug-likeness (QED) is 0.209. The summed E-state index contributed by atoms with van der Waals surface area (Å²) in [6.45, 7) is 9.62. The van der Waals surface area contributed by atoms with E-state index in [1.165, 1.54) is 76.8 Å². The molecule has 8 rings (SSSR count). The van der Waals surface area contributed by atoms with Gasteiger partial charge in [0.1, 0.15) is 0 Å². The number of hydrogen-bond acceptors (Lipinski definition) is 0. The summed E-state index contributed by atoms with van der Waals surface area (Å²) in [5, 5.41) is 8.45. The lowest BCUT2D eigenvalue weighted by atomic mass is 9.76. The first-order chi connectivity index (χ1) is 16.4. The van der Waals surface area contributed by atoms with Crippen LogP contribution in [0.25, 0.3) is 54.6 Å². The Morgan fingerprint density at radius 1 is 0.471 bits per heavy atom. The summed E-state index contributed by atoms with van der Waals surface area (Å²) in [6.07, 6.45) is 0. The molecule has 0 spiro atoms. The first kappa shape index (κ1) is 18.7. The Labute approximate surface area is 200 Å². The Kier molecular flexibility index (Phi) is 3.14. The molecule has 0 radical (unpaired) electrons. The third-order valence-electron chi connectivity index (χ3n) is 8.95. The van der Waals surface area contributed by atoms with Gasteiger partial charge >= 0.3 is 0 Å². The van der Waals surface area contributed by atoms with E-state index >= 15 is 0 Å². The van der Waals surface area contributed by atoms with Crippen LogP contribution in [0.5, 0.6) is 0 Å². The molecule has 2 aliphatic rings. The van der Waals surface area contributed by atoms with Crippen LogP contribution in [0.3, 0.4) is 0 Å². The van der Waals surface area contributed by atoms with Crippen molar-refractivity contribution in [1.29, 1.82) is 0 Å². The molecule has 0 unspecified atom stereocenters. The van der Waals surface area contributed by atoms with E-state index in [4.69, 9.17) is 0 Å². The fraction of sp³-hybridized carbons (Fsp3) is 0.176. The molecule has 0 amide bonds. The van der Waals surface area contributed by atoms with Crippen LogP contribution < -0.4 is 0 Å². The average molecular weight is 435 g/mol. The molecule has 0 saturated heterocycles. The second kappa shape index (κ2) is 5.70. The molecule has 162 valence electrons. The Morgan fingerprint density at radius 3 is 1.88 bits per heavy atom. The van der Waals surface area contributed by atoms with Crippen LogP contribution in [0.15, 0.2) is 84.9 Å². The van der Waals surface area contributed by atoms with E-state index < -0.39 is 0 Å². The van der Waals surface area contributed by atoms with Crippen LogP contribution in [0.1, 0.15) is 49.9 Å². The van der Waals surface area contributed by atoms with Gasteiger partial charge in [-0.3, -0.25) is 0 Å². The van der Waals surface area contributed by atoms with Gasteiger partial charge in [0.05, 0.1) is 0 Å². The summed E-state index contributed by atoms with van der Waals surface area (Å²) < 4.78 is 0. The van der Waals surface area contributed by atoms with Crippen LogP contribution in [-0.2, 0) is 10.8 Å². The fourth-order valence-corrected chi connectivity index (χ4v) is 7.45. The molecule has 0 saturated carbocycles. The molecule has 0 aliphatic heterocycles. The molecular weight excluding hydrogens is 408 g/mol. The van der Waals surface area contributed by atoms with Crippen molar-refractivity contribution in [3.8, 4) is 22.3 Å². The summed E-state index contributed by atoms with van der Waals surface area (Å²) in [6, 6.07) is 32.2. The third kappa shape index (κ3) is 1.91. The number of benzene rings is 6. The second-order valence-electron chi connectivity index (χ2n) is 11.3. The van der Waals surface area contributed by atoms with Crippen molar-refractivity contribution < 1.29 is 0 Å². The Morgan fingerprint density at radius 2 is 1.12 bits per heavy atom. The normalized spacial score (nSPS) is 16.7. The minimum Gasteiger partial charge on any atom is -0.0619 e. The predicted octanol–water partition coefficient (Wildman–Crippen LogP) is 9.20. The van der Waals surface area contributed by atoms with E-state index in [1.807, 2.05) is 0 Å². The van der Waals surface area contributed by atoms with Crippen LogP contribution in [0.4, 0.5) is 0 Å². The van der Waals surface area contributed by atoms with Gasteiger partial charge in [0, 0.05) is 10.8 Å². The average Bonchev–Trinajstić information content (AvgIpc) is 3.23. The smallest absolute Gasteiger partial charge is 0.0165 e. The lowest BCUT2D eigenvalue weighted by Crippen LogP contribution is -2.16. The first-order valence-corrected chi connectivity index (χ1v) is 12.4. The molecule has 0 aromatic heterocycles. The highest BCUT2D eigenvalue weighted by atomic mass is 14.4. The monoisotopic (exact) mass is 434 g/mol. The van der Waals surface area contributed by atoms with Crippen molar-refractivity contribution in [2.75, 3.05) is 0 Å². The van der Waals surface area contributed by atoms with Crippen LogP contribution in [0.2, 0.25) is 0 Å². The topological polar surface area (TPSA) is 0 Å². The largest absolute Gasteiger partial charge is 0.0619 e. The van der Waals surface area contributed by atoms with Gasteiger partial charge in [-0.1, -0.05) is 107 Å². The zero-order valence-electron chi connectivity index (χ0n) is 20.1. The maximum Gasteiger partial charge on any atom is 0.0165 e. The minimum absolute atomic E-state index is 0.0170. The lowest BCUT2D eigenvalue weighted by Gasteiger charge is -2.26. The molecule has 0 nitrogen and oxygen atoms in total. The minimum atomic E-state index is -0.0452. The van der Waals surface area contributed by atoms with Crippen LogP contribution in [0, 0.1) is 0 Å². The van der Waals surface area contributed by atoms with E-state index in [-0.39, 0.29) is 10.8 Å². The number of hydrogen-bond donors (Lipinski definition) is 0. The maximum absolute atomic E-state index is 2.49. The Bertz CT molecular complexity index is 1840. The molecule has 6 aromatic rings. The molecule has 0 N–H and O–H groups in total. The Balaban J connectivity index is 1.76. The van der Waals surface area contributed by atoms with Crippen LogP contribution >= 0.6 is 0 Å². The summed E-state index contributed by atoms with van der Waals surface area (Å²) in [5.74, 6) is 0. The highest BCUT2D eigenvalue weighted by Crippen LogP contribution is 2.60. The predicted molar refractivity (Wildman–Crippen MR) is 145 cm³/mol. The molecule has 0 heteroatoms. The van der Waals surface area contributed by atoms with Crippen molar-refractivity contribution >= 4 is 32.3 Å². The van der Waals surface area contributed by atoms with Gasteiger partial charge in [0.15, 0.2) is 0 Å². The summed E-state index contributed by atoms with van der Waals surface area (Å²) in [5.41, 5.74) is 11.5. The van der Waals surface area contributed by atoms with Gasteiger partial charge in [0.25, 0.3) is 0 Å². The van der Waals surface area contributed by atoms with E-state index in [0.29, 0.717) is 0 Å². The van der Waals surface area contributed by atoms with Crippen molar-refractivity contribution in [3.05, 3.63) is 107 Å². The highest BCUT2D eigenvalue weighted by molar-refractivity contribution is 6.32. The van der Waals surface area contributed by atoms with Crippen molar-refractivity contribution in [3.63, 3.8) is 0 Å². The summed E-state index contributed by atoms with van der Waals surface area (Å²) in [4.78, 5) is 0. The zero-order valence-corrected chi connectivity index (χ0v) is 20.1. The molecule has 34 heavy (non-hydrogen) atoms. The molecule has 0 fully saturated rings. The van der Waals surface area contributed by atoms with E-state index in [9.17, 15) is 0 Å².